The number of nitrogens with two attached hydrogens (primary N) is 1. The smallest absolute Gasteiger partial charge is 0.129 e. The Labute approximate surface area is 87.7 Å². The van der Waals surface area contributed by atoms with Gasteiger partial charge in [-0.25, -0.2) is 8.78 Å². The molecule has 0 bridgehead atoms. The van der Waals surface area contributed by atoms with Crippen LogP contribution in [0, 0.1) is 17.6 Å². The predicted octanol–water partition coefficient (Wildman–Crippen LogP) is 2.45. The number of benzene rings is 1. The number of halogens is 3. The summed E-state index contributed by atoms with van der Waals surface area (Å²) in [7, 11) is 0. The Bertz CT molecular complexity index is 330. The maximum atomic E-state index is 13.2. The van der Waals surface area contributed by atoms with Gasteiger partial charge in [0.1, 0.15) is 11.6 Å². The summed E-state index contributed by atoms with van der Waals surface area (Å²) in [4.78, 5) is 0. The molecule has 0 radical (unpaired) electrons. The summed E-state index contributed by atoms with van der Waals surface area (Å²) in [5.41, 5.74) is 6.05. The third-order valence-electron chi connectivity index (χ3n) is 2.59. The second-order valence-electron chi connectivity index (χ2n) is 3.50. The maximum absolute atomic E-state index is 13.2. The number of hydrogen-bond donors (Lipinski definition) is 1. The average Bonchev–Trinajstić information content (AvgIpc) is 2.83. The van der Waals surface area contributed by atoms with Crippen molar-refractivity contribution in [3.05, 3.63) is 35.4 Å². The van der Waals surface area contributed by atoms with Crippen molar-refractivity contribution >= 4 is 12.4 Å². The highest BCUT2D eigenvalue weighted by Gasteiger charge is 2.38. The fraction of sp³-hybridized carbons (Fsp3) is 0.400. The van der Waals surface area contributed by atoms with Gasteiger partial charge in [0.15, 0.2) is 0 Å². The van der Waals surface area contributed by atoms with Gasteiger partial charge in [0.2, 0.25) is 0 Å². The van der Waals surface area contributed by atoms with Gasteiger partial charge >= 0.3 is 0 Å². The van der Waals surface area contributed by atoms with E-state index >= 15 is 0 Å². The standard InChI is InChI=1S/C10H11F2N.ClH/c11-7-1-2-8(10(12)4-7)9-3-6(9)5-13;/h1-2,4,6,9H,3,5,13H2;1H/t6-,9+;/m1./s1. The molecule has 1 fully saturated rings. The largest absolute Gasteiger partial charge is 0.330 e. The lowest BCUT2D eigenvalue weighted by Gasteiger charge is -2.00. The zero-order valence-corrected chi connectivity index (χ0v) is 8.36. The third kappa shape index (κ3) is 2.04. The maximum Gasteiger partial charge on any atom is 0.129 e. The monoisotopic (exact) mass is 219 g/mol. The molecule has 2 N–H and O–H groups in total. The van der Waals surface area contributed by atoms with Crippen LogP contribution >= 0.6 is 12.4 Å². The molecule has 1 saturated carbocycles. The van der Waals surface area contributed by atoms with Gasteiger partial charge in [-0.3, -0.25) is 0 Å². The summed E-state index contributed by atoms with van der Waals surface area (Å²) in [6.07, 6.45) is 0.930. The second kappa shape index (κ2) is 4.24. The van der Waals surface area contributed by atoms with E-state index < -0.39 is 11.6 Å². The Morgan fingerprint density at radius 3 is 2.57 bits per heavy atom. The molecule has 1 aliphatic carbocycles. The molecule has 0 unspecified atom stereocenters. The van der Waals surface area contributed by atoms with E-state index in [-0.39, 0.29) is 18.3 Å². The molecule has 0 heterocycles. The molecular formula is C10H12ClF2N. The normalized spacial score (nSPS) is 24.2. The fourth-order valence-electron chi connectivity index (χ4n) is 1.69. The van der Waals surface area contributed by atoms with Crippen LogP contribution in [-0.4, -0.2) is 6.54 Å². The van der Waals surface area contributed by atoms with Crippen LogP contribution < -0.4 is 5.73 Å². The summed E-state index contributed by atoms with van der Waals surface area (Å²) < 4.78 is 25.7. The summed E-state index contributed by atoms with van der Waals surface area (Å²) in [6.45, 7) is 0.585. The van der Waals surface area contributed by atoms with Gasteiger partial charge in [-0.15, -0.1) is 12.4 Å². The lowest BCUT2D eigenvalue weighted by atomic mass is 10.1. The predicted molar refractivity (Wildman–Crippen MR) is 53.5 cm³/mol. The lowest BCUT2D eigenvalue weighted by molar-refractivity contribution is 0.570. The van der Waals surface area contributed by atoms with Gasteiger partial charge in [-0.1, -0.05) is 6.07 Å². The highest BCUT2D eigenvalue weighted by Crippen LogP contribution is 2.47. The van der Waals surface area contributed by atoms with Crippen molar-refractivity contribution in [3.63, 3.8) is 0 Å². The molecule has 0 saturated heterocycles. The van der Waals surface area contributed by atoms with E-state index in [1.54, 1.807) is 0 Å². The summed E-state index contributed by atoms with van der Waals surface area (Å²) in [6, 6.07) is 3.75. The summed E-state index contributed by atoms with van der Waals surface area (Å²) in [5, 5.41) is 0. The average molecular weight is 220 g/mol. The van der Waals surface area contributed by atoms with E-state index in [2.05, 4.69) is 0 Å². The van der Waals surface area contributed by atoms with Crippen LogP contribution in [0.2, 0.25) is 0 Å². The minimum Gasteiger partial charge on any atom is -0.330 e. The van der Waals surface area contributed by atoms with Crippen LogP contribution in [0.1, 0.15) is 17.9 Å². The molecule has 0 amide bonds. The molecule has 2 atom stereocenters. The van der Waals surface area contributed by atoms with E-state index in [4.69, 9.17) is 5.73 Å². The van der Waals surface area contributed by atoms with Crippen molar-refractivity contribution in [2.45, 2.75) is 12.3 Å². The zero-order chi connectivity index (χ0) is 9.42. The first-order chi connectivity index (χ1) is 6.22. The van der Waals surface area contributed by atoms with Gasteiger partial charge in [0, 0.05) is 6.07 Å². The number of rotatable bonds is 2. The molecule has 0 aromatic heterocycles. The Morgan fingerprint density at radius 2 is 2.07 bits per heavy atom. The summed E-state index contributed by atoms with van der Waals surface area (Å²) >= 11 is 0. The van der Waals surface area contributed by atoms with E-state index in [1.807, 2.05) is 0 Å². The molecule has 14 heavy (non-hydrogen) atoms. The molecule has 4 heteroatoms. The summed E-state index contributed by atoms with van der Waals surface area (Å²) in [5.74, 6) is -0.363. The Kier molecular flexibility index (Phi) is 3.45. The second-order valence-corrected chi connectivity index (χ2v) is 3.50. The quantitative estimate of drug-likeness (QED) is 0.813. The van der Waals surface area contributed by atoms with Crippen molar-refractivity contribution in [1.82, 2.24) is 0 Å². The first kappa shape index (κ1) is 11.4. The lowest BCUT2D eigenvalue weighted by Crippen LogP contribution is -2.02. The molecule has 2 rings (SSSR count). The SMILES string of the molecule is Cl.NC[C@H]1C[C@@H]1c1ccc(F)cc1F. The third-order valence-corrected chi connectivity index (χ3v) is 2.59. The van der Waals surface area contributed by atoms with E-state index in [0.717, 1.165) is 12.5 Å². The molecule has 78 valence electrons. The molecule has 1 aromatic carbocycles. The molecular weight excluding hydrogens is 208 g/mol. The van der Waals surface area contributed by atoms with Crippen LogP contribution in [-0.2, 0) is 0 Å². The highest BCUT2D eigenvalue weighted by atomic mass is 35.5. The van der Waals surface area contributed by atoms with Crippen LogP contribution in [0.4, 0.5) is 8.78 Å². The highest BCUT2D eigenvalue weighted by molar-refractivity contribution is 5.85. The number of hydrogen-bond acceptors (Lipinski definition) is 1. The van der Waals surface area contributed by atoms with Crippen molar-refractivity contribution in [2.75, 3.05) is 6.54 Å². The van der Waals surface area contributed by atoms with Gasteiger partial charge in [-0.2, -0.15) is 0 Å². The Hall–Kier alpha value is -0.670. The van der Waals surface area contributed by atoms with Gasteiger partial charge in [-0.05, 0) is 36.4 Å². The first-order valence-electron chi connectivity index (χ1n) is 4.37. The molecule has 0 aliphatic heterocycles. The topological polar surface area (TPSA) is 26.0 Å². The fourth-order valence-corrected chi connectivity index (χ4v) is 1.69. The van der Waals surface area contributed by atoms with Crippen molar-refractivity contribution in [3.8, 4) is 0 Å². The molecule has 1 aliphatic rings. The van der Waals surface area contributed by atoms with Crippen LogP contribution in [0.25, 0.3) is 0 Å². The minimum absolute atomic E-state index is 0. The van der Waals surface area contributed by atoms with Crippen molar-refractivity contribution < 1.29 is 8.78 Å². The first-order valence-corrected chi connectivity index (χ1v) is 4.37. The van der Waals surface area contributed by atoms with E-state index in [1.165, 1.54) is 12.1 Å². The Morgan fingerprint density at radius 1 is 1.36 bits per heavy atom. The molecule has 0 spiro atoms. The zero-order valence-electron chi connectivity index (χ0n) is 7.54. The molecule has 1 nitrogen and oxygen atoms in total. The van der Waals surface area contributed by atoms with Gasteiger partial charge < -0.3 is 5.73 Å². The van der Waals surface area contributed by atoms with Crippen LogP contribution in [0.15, 0.2) is 18.2 Å². The van der Waals surface area contributed by atoms with Crippen molar-refractivity contribution in [2.24, 2.45) is 11.7 Å². The van der Waals surface area contributed by atoms with Gasteiger partial charge in [0.25, 0.3) is 0 Å². The van der Waals surface area contributed by atoms with Gasteiger partial charge in [0.05, 0.1) is 0 Å². The van der Waals surface area contributed by atoms with Crippen LogP contribution in [0.5, 0.6) is 0 Å². The molecule has 1 aromatic rings. The Balaban J connectivity index is 0.000000980. The van der Waals surface area contributed by atoms with Crippen LogP contribution in [0.3, 0.4) is 0 Å². The minimum atomic E-state index is -0.522. The van der Waals surface area contributed by atoms with Crippen molar-refractivity contribution in [1.29, 1.82) is 0 Å². The van der Waals surface area contributed by atoms with E-state index in [0.29, 0.717) is 18.0 Å². The van der Waals surface area contributed by atoms with E-state index in [9.17, 15) is 8.78 Å².